The third-order valence-electron chi connectivity index (χ3n) is 2.15. The molecular formula is C10H8N6S. The van der Waals surface area contributed by atoms with Crippen LogP contribution in [0.1, 0.15) is 0 Å². The molecule has 0 aromatic carbocycles. The molecule has 0 amide bonds. The molecule has 0 atom stereocenters. The zero-order chi connectivity index (χ0) is 11.7. The van der Waals surface area contributed by atoms with Crippen molar-refractivity contribution < 1.29 is 0 Å². The topological polar surface area (TPSA) is 93.4 Å². The summed E-state index contributed by atoms with van der Waals surface area (Å²) in [4.78, 5) is 19.5. The van der Waals surface area contributed by atoms with Crippen molar-refractivity contribution in [2.24, 2.45) is 0 Å². The van der Waals surface area contributed by atoms with Crippen LogP contribution in [0.5, 0.6) is 0 Å². The van der Waals surface area contributed by atoms with Crippen LogP contribution in [0, 0.1) is 0 Å². The number of aromatic amines is 1. The maximum atomic E-state index is 5.70. The molecule has 0 saturated carbocycles. The summed E-state index contributed by atoms with van der Waals surface area (Å²) in [7, 11) is 0. The van der Waals surface area contributed by atoms with Gasteiger partial charge in [0.15, 0.2) is 5.65 Å². The van der Waals surface area contributed by atoms with Crippen molar-refractivity contribution >= 4 is 28.6 Å². The molecule has 0 fully saturated rings. The minimum Gasteiger partial charge on any atom is -0.399 e. The number of nitrogens with two attached hydrogens (primary N) is 1. The van der Waals surface area contributed by atoms with E-state index in [1.54, 1.807) is 24.7 Å². The number of fused-ring (bicyclic) bond motifs is 1. The van der Waals surface area contributed by atoms with E-state index in [-0.39, 0.29) is 0 Å². The van der Waals surface area contributed by atoms with Gasteiger partial charge in [0, 0.05) is 11.9 Å². The molecule has 3 aromatic rings. The highest BCUT2D eigenvalue weighted by Crippen LogP contribution is 2.28. The predicted molar refractivity (Wildman–Crippen MR) is 64.5 cm³/mol. The van der Waals surface area contributed by atoms with Gasteiger partial charge in [0.1, 0.15) is 21.9 Å². The Morgan fingerprint density at radius 2 is 2.12 bits per heavy atom. The van der Waals surface area contributed by atoms with Crippen LogP contribution in [-0.4, -0.2) is 24.9 Å². The Kier molecular flexibility index (Phi) is 2.37. The number of nitrogens with zero attached hydrogens (tertiary/aromatic N) is 4. The van der Waals surface area contributed by atoms with Gasteiger partial charge in [-0.25, -0.2) is 19.9 Å². The number of aromatic nitrogens is 5. The quantitative estimate of drug-likeness (QED) is 0.663. The van der Waals surface area contributed by atoms with Crippen LogP contribution in [0.25, 0.3) is 11.2 Å². The lowest BCUT2D eigenvalue weighted by molar-refractivity contribution is 1.07. The SMILES string of the molecule is Nc1ccnc(Sc2ncnc3nc[nH]c23)c1. The zero-order valence-corrected chi connectivity index (χ0v) is 9.48. The zero-order valence-electron chi connectivity index (χ0n) is 8.66. The lowest BCUT2D eigenvalue weighted by atomic mass is 10.4. The second kappa shape index (κ2) is 4.02. The Morgan fingerprint density at radius 1 is 1.18 bits per heavy atom. The minimum absolute atomic E-state index is 0.645. The standard InChI is InChI=1S/C10H8N6S/c11-6-1-2-12-7(3-6)17-10-8-9(14-4-13-8)15-5-16-10/h1-5H,(H2,11,12)(H,13,14,15,16). The van der Waals surface area contributed by atoms with Crippen molar-refractivity contribution in [3.8, 4) is 0 Å². The number of anilines is 1. The van der Waals surface area contributed by atoms with E-state index in [9.17, 15) is 0 Å². The van der Waals surface area contributed by atoms with Crippen LogP contribution in [0.2, 0.25) is 0 Å². The molecule has 0 radical (unpaired) electrons. The summed E-state index contributed by atoms with van der Waals surface area (Å²) in [5.74, 6) is 0. The van der Waals surface area contributed by atoms with Gasteiger partial charge in [-0.05, 0) is 23.9 Å². The first-order valence-electron chi connectivity index (χ1n) is 4.86. The summed E-state index contributed by atoms with van der Waals surface area (Å²) in [6, 6.07) is 3.55. The molecule has 0 saturated heterocycles. The molecule has 0 aliphatic carbocycles. The Bertz CT molecular complexity index is 664. The van der Waals surface area contributed by atoms with E-state index < -0.39 is 0 Å². The molecule has 0 spiro atoms. The minimum atomic E-state index is 0.645. The lowest BCUT2D eigenvalue weighted by Crippen LogP contribution is -1.89. The fourth-order valence-electron chi connectivity index (χ4n) is 1.40. The lowest BCUT2D eigenvalue weighted by Gasteiger charge is -2.01. The van der Waals surface area contributed by atoms with E-state index in [2.05, 4.69) is 24.9 Å². The average Bonchev–Trinajstić information content (AvgIpc) is 2.78. The normalized spacial score (nSPS) is 10.8. The monoisotopic (exact) mass is 244 g/mol. The molecule has 3 aromatic heterocycles. The molecule has 3 rings (SSSR count). The van der Waals surface area contributed by atoms with Crippen molar-refractivity contribution in [3.63, 3.8) is 0 Å². The number of nitrogens with one attached hydrogen (secondary N) is 1. The number of pyridine rings is 1. The van der Waals surface area contributed by atoms with Crippen molar-refractivity contribution in [2.75, 3.05) is 5.73 Å². The fourth-order valence-corrected chi connectivity index (χ4v) is 2.26. The fraction of sp³-hybridized carbons (Fsp3) is 0. The molecule has 6 nitrogen and oxygen atoms in total. The molecular weight excluding hydrogens is 236 g/mol. The van der Waals surface area contributed by atoms with Gasteiger partial charge in [-0.2, -0.15) is 0 Å². The summed E-state index contributed by atoms with van der Waals surface area (Å²) in [6.07, 6.45) is 4.75. The Balaban J connectivity index is 2.02. The first-order valence-corrected chi connectivity index (χ1v) is 5.68. The van der Waals surface area contributed by atoms with Gasteiger partial charge >= 0.3 is 0 Å². The molecule has 84 valence electrons. The third-order valence-corrected chi connectivity index (χ3v) is 3.08. The second-order valence-corrected chi connectivity index (χ2v) is 4.32. The van der Waals surface area contributed by atoms with E-state index >= 15 is 0 Å². The average molecular weight is 244 g/mol. The van der Waals surface area contributed by atoms with Gasteiger partial charge in [-0.15, -0.1) is 0 Å². The third kappa shape index (κ3) is 1.92. The number of hydrogen-bond acceptors (Lipinski definition) is 6. The van der Waals surface area contributed by atoms with Crippen molar-refractivity contribution in [1.82, 2.24) is 24.9 Å². The van der Waals surface area contributed by atoms with Gasteiger partial charge in [0.05, 0.1) is 6.33 Å². The number of hydrogen-bond donors (Lipinski definition) is 2. The van der Waals surface area contributed by atoms with Gasteiger partial charge < -0.3 is 10.7 Å². The van der Waals surface area contributed by atoms with Crippen LogP contribution in [-0.2, 0) is 0 Å². The van der Waals surface area contributed by atoms with Crippen LogP contribution in [0.3, 0.4) is 0 Å². The van der Waals surface area contributed by atoms with Crippen LogP contribution in [0.4, 0.5) is 5.69 Å². The van der Waals surface area contributed by atoms with Gasteiger partial charge in [0.25, 0.3) is 0 Å². The highest BCUT2D eigenvalue weighted by Gasteiger charge is 2.08. The summed E-state index contributed by atoms with van der Waals surface area (Å²) >= 11 is 1.42. The summed E-state index contributed by atoms with van der Waals surface area (Å²) in [5.41, 5.74) is 7.83. The van der Waals surface area contributed by atoms with Crippen LogP contribution >= 0.6 is 11.8 Å². The summed E-state index contributed by atoms with van der Waals surface area (Å²) in [5, 5.41) is 1.57. The molecule has 17 heavy (non-hydrogen) atoms. The Hall–Kier alpha value is -2.15. The molecule has 3 heterocycles. The first kappa shape index (κ1) is 10.0. The molecule has 0 aliphatic heterocycles. The number of imidazole rings is 1. The number of H-pyrrole nitrogens is 1. The van der Waals surface area contributed by atoms with Gasteiger partial charge in [-0.1, -0.05) is 0 Å². The summed E-state index contributed by atoms with van der Waals surface area (Å²) in [6.45, 7) is 0. The predicted octanol–water partition coefficient (Wildman–Crippen LogP) is 1.48. The van der Waals surface area contributed by atoms with Crippen molar-refractivity contribution in [1.29, 1.82) is 0 Å². The highest BCUT2D eigenvalue weighted by molar-refractivity contribution is 7.99. The smallest absolute Gasteiger partial charge is 0.181 e. The van der Waals surface area contributed by atoms with E-state index in [0.29, 0.717) is 11.3 Å². The summed E-state index contributed by atoms with van der Waals surface area (Å²) < 4.78 is 0. The van der Waals surface area contributed by atoms with Crippen LogP contribution < -0.4 is 5.73 Å². The number of rotatable bonds is 2. The van der Waals surface area contributed by atoms with E-state index in [4.69, 9.17) is 5.73 Å². The molecule has 0 aliphatic rings. The largest absolute Gasteiger partial charge is 0.399 e. The highest BCUT2D eigenvalue weighted by atomic mass is 32.2. The number of nitrogen functional groups attached to an aromatic ring is 1. The van der Waals surface area contributed by atoms with E-state index in [1.807, 2.05) is 0 Å². The maximum Gasteiger partial charge on any atom is 0.181 e. The molecule has 3 N–H and O–H groups in total. The molecule has 7 heteroatoms. The van der Waals surface area contributed by atoms with Crippen molar-refractivity contribution in [3.05, 3.63) is 31.0 Å². The van der Waals surface area contributed by atoms with Crippen LogP contribution in [0.15, 0.2) is 41.0 Å². The van der Waals surface area contributed by atoms with E-state index in [0.717, 1.165) is 15.6 Å². The maximum absolute atomic E-state index is 5.70. The van der Waals surface area contributed by atoms with Crippen molar-refractivity contribution in [2.45, 2.75) is 10.1 Å². The van der Waals surface area contributed by atoms with Gasteiger partial charge in [-0.3, -0.25) is 0 Å². The first-order chi connectivity index (χ1) is 8.33. The molecule has 0 bridgehead atoms. The molecule has 0 unspecified atom stereocenters. The Morgan fingerprint density at radius 3 is 3.00 bits per heavy atom. The second-order valence-electron chi connectivity index (χ2n) is 3.31. The Labute approximate surface area is 101 Å². The van der Waals surface area contributed by atoms with E-state index in [1.165, 1.54) is 18.1 Å². The van der Waals surface area contributed by atoms with Gasteiger partial charge in [0.2, 0.25) is 0 Å².